The Balaban J connectivity index is 2.17. The summed E-state index contributed by atoms with van der Waals surface area (Å²) < 4.78 is 9.85. The second-order valence-electron chi connectivity index (χ2n) is 4.14. The molecular weight excluding hydrogens is 278 g/mol. The zero-order valence-electron chi connectivity index (χ0n) is 11.5. The summed E-state index contributed by atoms with van der Waals surface area (Å²) >= 11 is 0. The Morgan fingerprint density at radius 3 is 2.95 bits per heavy atom. The molecule has 0 aliphatic heterocycles. The first-order chi connectivity index (χ1) is 10.0. The number of benzene rings is 1. The second kappa shape index (κ2) is 6.04. The van der Waals surface area contributed by atoms with Gasteiger partial charge in [-0.3, -0.25) is 10.1 Å². The van der Waals surface area contributed by atoms with Crippen LogP contribution >= 0.6 is 0 Å². The van der Waals surface area contributed by atoms with E-state index in [9.17, 15) is 14.9 Å². The van der Waals surface area contributed by atoms with Crippen molar-refractivity contribution in [3.8, 4) is 0 Å². The lowest BCUT2D eigenvalue weighted by Gasteiger charge is -2.03. The average Bonchev–Trinajstić information content (AvgIpc) is 2.89. The number of aromatic nitrogens is 1. The summed E-state index contributed by atoms with van der Waals surface area (Å²) in [6.07, 6.45) is 1.16. The molecular formula is C13H13N3O5. The maximum absolute atomic E-state index is 11.4. The lowest BCUT2D eigenvalue weighted by molar-refractivity contribution is -0.385. The van der Waals surface area contributed by atoms with Gasteiger partial charge in [0.2, 0.25) is 0 Å². The number of carbonyl (C=O) groups is 1. The molecule has 2 aromatic rings. The van der Waals surface area contributed by atoms with Crippen LogP contribution in [0.5, 0.6) is 0 Å². The van der Waals surface area contributed by atoms with Gasteiger partial charge in [-0.15, -0.1) is 0 Å². The summed E-state index contributed by atoms with van der Waals surface area (Å²) in [5, 5.41) is 13.6. The predicted molar refractivity (Wildman–Crippen MR) is 73.6 cm³/mol. The lowest BCUT2D eigenvalue weighted by Crippen LogP contribution is -2.05. The van der Waals surface area contributed by atoms with E-state index in [-0.39, 0.29) is 24.0 Å². The van der Waals surface area contributed by atoms with Crippen molar-refractivity contribution in [2.24, 2.45) is 0 Å². The monoisotopic (exact) mass is 291 g/mol. The molecule has 1 N–H and O–H groups in total. The SMILES string of the molecule is CCOC(=O)c1coc(Nc2ccc(C)c([N+](=O)[O-])c2)n1. The average molecular weight is 291 g/mol. The molecule has 0 bridgehead atoms. The van der Waals surface area contributed by atoms with Crippen molar-refractivity contribution in [3.63, 3.8) is 0 Å². The van der Waals surface area contributed by atoms with Crippen molar-refractivity contribution in [1.29, 1.82) is 0 Å². The van der Waals surface area contributed by atoms with Gasteiger partial charge >= 0.3 is 5.97 Å². The number of nitro benzene ring substituents is 1. The number of oxazole rings is 1. The van der Waals surface area contributed by atoms with E-state index in [2.05, 4.69) is 10.3 Å². The number of anilines is 2. The summed E-state index contributed by atoms with van der Waals surface area (Å²) in [6, 6.07) is 4.67. The maximum Gasteiger partial charge on any atom is 0.360 e. The van der Waals surface area contributed by atoms with Crippen LogP contribution in [0.15, 0.2) is 28.9 Å². The molecule has 0 unspecified atom stereocenters. The number of hydrogen-bond acceptors (Lipinski definition) is 7. The van der Waals surface area contributed by atoms with Crippen molar-refractivity contribution >= 4 is 23.4 Å². The third-order valence-corrected chi connectivity index (χ3v) is 2.65. The van der Waals surface area contributed by atoms with Gasteiger partial charge < -0.3 is 14.5 Å². The van der Waals surface area contributed by atoms with E-state index in [1.807, 2.05) is 0 Å². The molecule has 21 heavy (non-hydrogen) atoms. The van der Waals surface area contributed by atoms with E-state index >= 15 is 0 Å². The largest absolute Gasteiger partial charge is 0.461 e. The fourth-order valence-corrected chi connectivity index (χ4v) is 1.64. The molecule has 2 rings (SSSR count). The van der Waals surface area contributed by atoms with Gasteiger partial charge in [-0.1, -0.05) is 6.07 Å². The Kier molecular flexibility index (Phi) is 4.17. The quantitative estimate of drug-likeness (QED) is 0.512. The molecule has 0 amide bonds. The van der Waals surface area contributed by atoms with E-state index in [1.165, 1.54) is 6.07 Å². The highest BCUT2D eigenvalue weighted by Gasteiger charge is 2.15. The standard InChI is InChI=1S/C13H13N3O5/c1-3-20-12(17)10-7-21-13(15-10)14-9-5-4-8(2)11(6-9)16(18)19/h4-7H,3H2,1-2H3,(H,14,15). The molecule has 0 atom stereocenters. The van der Waals surface area contributed by atoms with Crippen LogP contribution < -0.4 is 5.32 Å². The van der Waals surface area contributed by atoms with Gasteiger partial charge in [-0.2, -0.15) is 4.98 Å². The van der Waals surface area contributed by atoms with Crippen molar-refractivity contribution in [3.05, 3.63) is 45.8 Å². The zero-order chi connectivity index (χ0) is 15.4. The fraction of sp³-hybridized carbons (Fsp3) is 0.231. The maximum atomic E-state index is 11.4. The number of hydrogen-bond donors (Lipinski definition) is 1. The van der Waals surface area contributed by atoms with Crippen LogP contribution in [0.4, 0.5) is 17.4 Å². The molecule has 0 radical (unpaired) electrons. The van der Waals surface area contributed by atoms with Gasteiger partial charge in [0.15, 0.2) is 5.69 Å². The van der Waals surface area contributed by atoms with Crippen molar-refractivity contribution in [2.45, 2.75) is 13.8 Å². The molecule has 0 aliphatic carbocycles. The second-order valence-corrected chi connectivity index (χ2v) is 4.14. The van der Waals surface area contributed by atoms with Gasteiger partial charge in [-0.05, 0) is 19.9 Å². The number of nitro groups is 1. The lowest BCUT2D eigenvalue weighted by atomic mass is 10.2. The topological polar surface area (TPSA) is 108 Å². The van der Waals surface area contributed by atoms with Crippen molar-refractivity contribution in [2.75, 3.05) is 11.9 Å². The van der Waals surface area contributed by atoms with Crippen LogP contribution in [-0.2, 0) is 4.74 Å². The van der Waals surface area contributed by atoms with Gasteiger partial charge in [-0.25, -0.2) is 4.79 Å². The summed E-state index contributed by atoms with van der Waals surface area (Å²) in [6.45, 7) is 3.56. The van der Waals surface area contributed by atoms with Gasteiger partial charge in [0.25, 0.3) is 11.7 Å². The van der Waals surface area contributed by atoms with E-state index in [0.29, 0.717) is 11.3 Å². The van der Waals surface area contributed by atoms with Crippen LogP contribution in [0, 0.1) is 17.0 Å². The molecule has 1 aromatic heterocycles. The molecule has 8 heteroatoms. The number of rotatable bonds is 5. The van der Waals surface area contributed by atoms with E-state index in [0.717, 1.165) is 6.26 Å². The van der Waals surface area contributed by atoms with Gasteiger partial charge in [0, 0.05) is 17.3 Å². The van der Waals surface area contributed by atoms with Crippen LogP contribution in [0.25, 0.3) is 0 Å². The smallest absolute Gasteiger partial charge is 0.360 e. The minimum Gasteiger partial charge on any atom is -0.461 e. The van der Waals surface area contributed by atoms with Gasteiger partial charge in [0.1, 0.15) is 6.26 Å². The molecule has 0 fully saturated rings. The van der Waals surface area contributed by atoms with E-state index in [1.54, 1.807) is 26.0 Å². The summed E-state index contributed by atoms with van der Waals surface area (Å²) in [5.41, 5.74) is 0.993. The molecule has 0 spiro atoms. The number of esters is 1. The molecule has 1 heterocycles. The number of nitrogens with zero attached hydrogens (tertiary/aromatic N) is 2. The third-order valence-electron chi connectivity index (χ3n) is 2.65. The number of ether oxygens (including phenoxy) is 1. The first-order valence-corrected chi connectivity index (χ1v) is 6.16. The van der Waals surface area contributed by atoms with Crippen LogP contribution in [0.3, 0.4) is 0 Å². The van der Waals surface area contributed by atoms with Crippen LogP contribution in [0.2, 0.25) is 0 Å². The van der Waals surface area contributed by atoms with E-state index in [4.69, 9.17) is 9.15 Å². The first-order valence-electron chi connectivity index (χ1n) is 6.16. The Labute approximate surface area is 119 Å². The number of nitrogens with one attached hydrogen (secondary N) is 1. The Hall–Kier alpha value is -2.90. The molecule has 110 valence electrons. The van der Waals surface area contributed by atoms with Crippen molar-refractivity contribution in [1.82, 2.24) is 4.98 Å². The number of carbonyl (C=O) groups excluding carboxylic acids is 1. The summed E-state index contributed by atoms with van der Waals surface area (Å²) in [5.74, 6) is -0.593. The van der Waals surface area contributed by atoms with Gasteiger partial charge in [0.05, 0.1) is 11.5 Å². The molecule has 0 saturated heterocycles. The highest BCUT2D eigenvalue weighted by atomic mass is 16.6. The Morgan fingerprint density at radius 1 is 1.52 bits per heavy atom. The Morgan fingerprint density at radius 2 is 2.29 bits per heavy atom. The van der Waals surface area contributed by atoms with Crippen LogP contribution in [0.1, 0.15) is 23.0 Å². The van der Waals surface area contributed by atoms with E-state index < -0.39 is 10.9 Å². The highest BCUT2D eigenvalue weighted by Crippen LogP contribution is 2.24. The molecule has 1 aromatic carbocycles. The number of aryl methyl sites for hydroxylation is 1. The minimum absolute atomic E-state index is 0.0165. The molecule has 8 nitrogen and oxygen atoms in total. The summed E-state index contributed by atoms with van der Waals surface area (Å²) in [4.78, 5) is 25.7. The normalized spacial score (nSPS) is 10.2. The summed E-state index contributed by atoms with van der Waals surface area (Å²) in [7, 11) is 0. The third kappa shape index (κ3) is 3.35. The molecule has 0 saturated carbocycles. The molecule has 0 aliphatic rings. The fourth-order valence-electron chi connectivity index (χ4n) is 1.64. The zero-order valence-corrected chi connectivity index (χ0v) is 11.5. The van der Waals surface area contributed by atoms with Crippen LogP contribution in [-0.4, -0.2) is 22.5 Å². The predicted octanol–water partition coefficient (Wildman–Crippen LogP) is 2.81. The highest BCUT2D eigenvalue weighted by molar-refractivity contribution is 5.87. The Bertz CT molecular complexity index is 680. The first kappa shape index (κ1) is 14.5. The minimum atomic E-state index is -0.593. The van der Waals surface area contributed by atoms with Crippen molar-refractivity contribution < 1.29 is 18.9 Å².